The molecule has 1 unspecified atom stereocenters. The molecule has 1 amide bonds. The zero-order valence-electron chi connectivity index (χ0n) is 15.5. The van der Waals surface area contributed by atoms with E-state index >= 15 is 0 Å². The summed E-state index contributed by atoms with van der Waals surface area (Å²) in [5, 5.41) is 0. The Balaban J connectivity index is 1.92. The van der Waals surface area contributed by atoms with Gasteiger partial charge in [-0.2, -0.15) is 0 Å². The number of aromatic nitrogens is 1. The van der Waals surface area contributed by atoms with E-state index in [0.717, 1.165) is 16.9 Å². The number of fused-ring (bicyclic) bond motifs is 1. The van der Waals surface area contributed by atoms with E-state index in [-0.39, 0.29) is 29.7 Å². The van der Waals surface area contributed by atoms with Crippen molar-refractivity contribution in [3.8, 4) is 0 Å². The Morgan fingerprint density at radius 2 is 1.83 bits per heavy atom. The Morgan fingerprint density at radius 1 is 1.14 bits per heavy atom. The van der Waals surface area contributed by atoms with E-state index in [9.17, 15) is 18.8 Å². The molecule has 0 saturated heterocycles. The lowest BCUT2D eigenvalue weighted by Gasteiger charge is -2.32. The van der Waals surface area contributed by atoms with Gasteiger partial charge in [-0.05, 0) is 29.8 Å². The minimum Gasteiger partial charge on any atom is -0.468 e. The Bertz CT molecular complexity index is 1120. The molecule has 6 nitrogen and oxygen atoms in total. The van der Waals surface area contributed by atoms with E-state index in [1.165, 1.54) is 40.8 Å². The molecule has 0 radical (unpaired) electrons. The van der Waals surface area contributed by atoms with Gasteiger partial charge in [0, 0.05) is 12.3 Å². The van der Waals surface area contributed by atoms with Crippen LogP contribution in [0.25, 0.3) is 0 Å². The number of hydrogen-bond acceptors (Lipinski definition) is 5. The molecule has 29 heavy (non-hydrogen) atoms. The summed E-state index contributed by atoms with van der Waals surface area (Å²) in [4.78, 5) is 39.5. The highest BCUT2D eigenvalue weighted by molar-refractivity contribution is 7.10. The second kappa shape index (κ2) is 7.63. The van der Waals surface area contributed by atoms with Crippen molar-refractivity contribution >= 4 is 34.7 Å². The molecule has 3 aromatic rings. The maximum Gasteiger partial charge on any atom is 0.325 e. The highest BCUT2D eigenvalue weighted by atomic mass is 32.1. The third-order valence-electron chi connectivity index (χ3n) is 4.85. The van der Waals surface area contributed by atoms with Crippen LogP contribution in [0.2, 0.25) is 0 Å². The fourth-order valence-electron chi connectivity index (χ4n) is 3.49. The molecule has 8 heteroatoms. The predicted molar refractivity (Wildman–Crippen MR) is 107 cm³/mol. The van der Waals surface area contributed by atoms with E-state index in [1.807, 2.05) is 30.3 Å². The zero-order chi connectivity index (χ0) is 20.5. The largest absolute Gasteiger partial charge is 0.468 e. The second-order valence-corrected chi connectivity index (χ2v) is 7.58. The van der Waals surface area contributed by atoms with Crippen LogP contribution >= 0.6 is 11.3 Å². The Labute approximate surface area is 169 Å². The van der Waals surface area contributed by atoms with Crippen LogP contribution < -0.4 is 9.77 Å². The molecule has 0 saturated carbocycles. The van der Waals surface area contributed by atoms with Crippen LogP contribution in [0.1, 0.15) is 22.8 Å². The Morgan fingerprint density at radius 3 is 2.48 bits per heavy atom. The lowest BCUT2D eigenvalue weighted by atomic mass is 9.90. The number of halogens is 1. The maximum absolute atomic E-state index is 13.4. The molecule has 148 valence electrons. The average Bonchev–Trinajstić information content (AvgIpc) is 3.05. The van der Waals surface area contributed by atoms with E-state index in [1.54, 1.807) is 0 Å². The van der Waals surface area contributed by atoms with Gasteiger partial charge in [0.15, 0.2) is 0 Å². The highest BCUT2D eigenvalue weighted by Crippen LogP contribution is 2.44. The van der Waals surface area contributed by atoms with Crippen molar-refractivity contribution in [2.45, 2.75) is 18.9 Å². The van der Waals surface area contributed by atoms with Crippen molar-refractivity contribution in [1.82, 2.24) is 4.57 Å². The molecule has 2 aromatic carbocycles. The second-order valence-electron chi connectivity index (χ2n) is 6.59. The molecule has 1 aliphatic heterocycles. The number of rotatable bonds is 4. The third kappa shape index (κ3) is 3.47. The van der Waals surface area contributed by atoms with E-state index in [0.29, 0.717) is 16.4 Å². The summed E-state index contributed by atoms with van der Waals surface area (Å²) in [6.45, 7) is -0.312. The standard InChI is InChI=1S/C21H17FN2O4S/c1-28-18(26)12-23-20-19(29-21(23)27)16(13-5-3-2-4-6-13)11-17(25)24(20)15-9-7-14(22)8-10-15/h2-10,16H,11-12H2,1H3. The van der Waals surface area contributed by atoms with Crippen LogP contribution in [-0.2, 0) is 20.9 Å². The lowest BCUT2D eigenvalue weighted by molar-refractivity contribution is -0.141. The summed E-state index contributed by atoms with van der Waals surface area (Å²) in [6.07, 6.45) is 0.159. The van der Waals surface area contributed by atoms with Gasteiger partial charge in [0.25, 0.3) is 0 Å². The van der Waals surface area contributed by atoms with Crippen molar-refractivity contribution in [3.05, 3.63) is 80.5 Å². The van der Waals surface area contributed by atoms with Crippen LogP contribution in [0, 0.1) is 5.82 Å². The number of anilines is 2. The number of esters is 1. The summed E-state index contributed by atoms with van der Waals surface area (Å²) in [5.41, 5.74) is 1.34. The topological polar surface area (TPSA) is 68.6 Å². The summed E-state index contributed by atoms with van der Waals surface area (Å²) in [7, 11) is 1.24. The number of nitrogens with zero attached hydrogens (tertiary/aromatic N) is 2. The maximum atomic E-state index is 13.4. The van der Waals surface area contributed by atoms with E-state index in [2.05, 4.69) is 0 Å². The lowest BCUT2D eigenvalue weighted by Crippen LogP contribution is -2.36. The first-order chi connectivity index (χ1) is 14.0. The number of methoxy groups -OCH3 is 1. The number of thiazole rings is 1. The smallest absolute Gasteiger partial charge is 0.325 e. The van der Waals surface area contributed by atoms with Gasteiger partial charge in [-0.25, -0.2) is 4.39 Å². The van der Waals surface area contributed by atoms with Crippen molar-refractivity contribution in [2.24, 2.45) is 0 Å². The highest BCUT2D eigenvalue weighted by Gasteiger charge is 2.38. The predicted octanol–water partition coefficient (Wildman–Crippen LogP) is 3.42. The number of carbonyl (C=O) groups is 2. The molecule has 2 heterocycles. The number of carbonyl (C=O) groups excluding carboxylic acids is 2. The first-order valence-electron chi connectivity index (χ1n) is 8.93. The molecule has 0 aliphatic carbocycles. The van der Waals surface area contributed by atoms with Crippen molar-refractivity contribution in [2.75, 3.05) is 12.0 Å². The number of ether oxygens (including phenoxy) is 1. The quantitative estimate of drug-likeness (QED) is 0.616. The summed E-state index contributed by atoms with van der Waals surface area (Å²) >= 11 is 1.01. The molecule has 1 aliphatic rings. The molecule has 0 bridgehead atoms. The molecule has 4 rings (SSSR count). The monoisotopic (exact) mass is 412 g/mol. The van der Waals surface area contributed by atoms with Crippen molar-refractivity contribution in [1.29, 1.82) is 0 Å². The fraction of sp³-hybridized carbons (Fsp3) is 0.190. The average molecular weight is 412 g/mol. The Kier molecular flexibility index (Phi) is 5.02. The van der Waals surface area contributed by atoms with Crippen LogP contribution in [-0.4, -0.2) is 23.6 Å². The van der Waals surface area contributed by atoms with Gasteiger partial charge >= 0.3 is 10.8 Å². The first kappa shape index (κ1) is 19.1. The number of benzene rings is 2. The molecule has 1 aromatic heterocycles. The normalized spacial score (nSPS) is 15.9. The van der Waals surface area contributed by atoms with Crippen LogP contribution in [0.4, 0.5) is 15.9 Å². The molecule has 1 atom stereocenters. The van der Waals surface area contributed by atoms with Gasteiger partial charge in [-0.3, -0.25) is 23.9 Å². The van der Waals surface area contributed by atoms with Crippen molar-refractivity contribution in [3.63, 3.8) is 0 Å². The molecule has 0 spiro atoms. The van der Waals surface area contributed by atoms with Gasteiger partial charge in [-0.15, -0.1) is 0 Å². The van der Waals surface area contributed by atoms with Gasteiger partial charge in [0.05, 0.1) is 17.7 Å². The molecular weight excluding hydrogens is 395 g/mol. The van der Waals surface area contributed by atoms with Crippen LogP contribution in [0.5, 0.6) is 0 Å². The first-order valence-corrected chi connectivity index (χ1v) is 9.75. The van der Waals surface area contributed by atoms with Crippen molar-refractivity contribution < 1.29 is 18.7 Å². The summed E-state index contributed by atoms with van der Waals surface area (Å²) in [5.74, 6) is -1.23. The SMILES string of the molecule is COC(=O)Cn1c2c(sc1=O)C(c1ccccc1)CC(=O)N2c1ccc(F)cc1. The molecular formula is C21H17FN2O4S. The van der Waals surface area contributed by atoms with Crippen LogP contribution in [0.15, 0.2) is 59.4 Å². The van der Waals surface area contributed by atoms with Gasteiger partial charge in [-0.1, -0.05) is 41.7 Å². The fourth-order valence-corrected chi connectivity index (χ4v) is 4.60. The number of hydrogen-bond donors (Lipinski definition) is 0. The third-order valence-corrected chi connectivity index (χ3v) is 5.93. The number of amides is 1. The van der Waals surface area contributed by atoms with Gasteiger partial charge < -0.3 is 4.74 Å². The minimum absolute atomic E-state index is 0.159. The summed E-state index contributed by atoms with van der Waals surface area (Å²) < 4.78 is 19.4. The summed E-state index contributed by atoms with van der Waals surface area (Å²) in [6, 6.07) is 14.9. The van der Waals surface area contributed by atoms with E-state index in [4.69, 9.17) is 4.74 Å². The zero-order valence-corrected chi connectivity index (χ0v) is 16.3. The molecule has 0 fully saturated rings. The molecule has 0 N–H and O–H groups in total. The van der Waals surface area contributed by atoms with Gasteiger partial charge in [0.2, 0.25) is 5.91 Å². The van der Waals surface area contributed by atoms with E-state index < -0.39 is 11.8 Å². The Hall–Kier alpha value is -3.26. The van der Waals surface area contributed by atoms with Gasteiger partial charge in [0.1, 0.15) is 18.2 Å². The van der Waals surface area contributed by atoms with Crippen LogP contribution in [0.3, 0.4) is 0 Å². The minimum atomic E-state index is -0.596.